The van der Waals surface area contributed by atoms with E-state index in [2.05, 4.69) is 23.0 Å². The highest BCUT2D eigenvalue weighted by molar-refractivity contribution is 8.38. The minimum Gasteiger partial charge on any atom is -0.508 e. The van der Waals surface area contributed by atoms with Gasteiger partial charge in [-0.25, -0.2) is 0 Å². The van der Waals surface area contributed by atoms with E-state index in [4.69, 9.17) is 0 Å². The second-order valence-corrected chi connectivity index (χ2v) is 7.26. The first-order chi connectivity index (χ1) is 9.21. The summed E-state index contributed by atoms with van der Waals surface area (Å²) >= 11 is 0. The molecule has 3 rings (SSSR count). The van der Waals surface area contributed by atoms with Crippen LogP contribution in [0.25, 0.3) is 0 Å². The average Bonchev–Trinajstić information content (AvgIpc) is 2.91. The minimum atomic E-state index is -1.34. The summed E-state index contributed by atoms with van der Waals surface area (Å²) < 4.78 is 0. The van der Waals surface area contributed by atoms with Crippen molar-refractivity contribution in [3.63, 3.8) is 0 Å². The van der Waals surface area contributed by atoms with E-state index >= 15 is 0 Å². The molecule has 1 aliphatic heterocycles. The monoisotopic (exact) mass is 270 g/mol. The molecule has 0 unspecified atom stereocenters. The third-order valence-corrected chi connectivity index (χ3v) is 6.43. The molecule has 1 heterocycles. The van der Waals surface area contributed by atoms with Crippen LogP contribution >= 0.6 is 10.0 Å². The molecule has 3 heteroatoms. The highest BCUT2D eigenvalue weighted by atomic mass is 32.3. The van der Waals surface area contributed by atoms with Crippen molar-refractivity contribution in [3.8, 4) is 11.5 Å². The molecule has 0 atom stereocenters. The van der Waals surface area contributed by atoms with Gasteiger partial charge in [-0.1, -0.05) is 12.2 Å². The molecule has 0 aliphatic carbocycles. The van der Waals surface area contributed by atoms with Crippen LogP contribution in [0.4, 0.5) is 0 Å². The molecule has 0 bridgehead atoms. The molecule has 0 amide bonds. The Morgan fingerprint density at radius 2 is 0.947 bits per heavy atom. The van der Waals surface area contributed by atoms with E-state index in [1.165, 1.54) is 9.79 Å². The Kier molecular flexibility index (Phi) is 2.84. The number of phenols is 2. The van der Waals surface area contributed by atoms with E-state index in [0.717, 1.165) is 0 Å². The predicted octanol–water partition coefficient (Wildman–Crippen LogP) is 4.36. The first kappa shape index (κ1) is 11.9. The summed E-state index contributed by atoms with van der Waals surface area (Å²) in [4.78, 5) is 2.34. The molecule has 96 valence electrons. The Hall–Kier alpha value is -2.13. The number of rotatable bonds is 2. The molecule has 0 fully saturated rings. The number of hydrogen-bond acceptors (Lipinski definition) is 2. The molecular formula is C16H14O2S. The van der Waals surface area contributed by atoms with Crippen LogP contribution in [0.15, 0.2) is 81.3 Å². The topological polar surface area (TPSA) is 40.5 Å². The summed E-state index contributed by atoms with van der Waals surface area (Å²) in [6.07, 6.45) is 4.10. The van der Waals surface area contributed by atoms with Crippen LogP contribution in [-0.2, 0) is 0 Å². The van der Waals surface area contributed by atoms with Crippen molar-refractivity contribution in [2.45, 2.75) is 9.79 Å². The summed E-state index contributed by atoms with van der Waals surface area (Å²) in [5.74, 6) is 0.546. The zero-order valence-electron chi connectivity index (χ0n) is 10.2. The number of phenolic OH excluding ortho intramolecular Hbond substituents is 2. The van der Waals surface area contributed by atoms with Crippen LogP contribution < -0.4 is 0 Å². The molecule has 0 saturated heterocycles. The van der Waals surface area contributed by atoms with Gasteiger partial charge in [-0.3, -0.25) is 0 Å². The van der Waals surface area contributed by atoms with Gasteiger partial charge in [0.05, 0.1) is 0 Å². The Bertz CT molecular complexity index is 580. The standard InChI is InChI=1S/C16H14O2S/c17-13-3-7-15(8-4-13)19(11-1-2-12-19)16-9-5-14(18)6-10-16/h1-12,17-18H. The van der Waals surface area contributed by atoms with Crippen molar-refractivity contribution in [2.24, 2.45) is 0 Å². The molecule has 2 aromatic carbocycles. The largest absolute Gasteiger partial charge is 0.508 e. The second-order valence-electron chi connectivity index (χ2n) is 4.35. The normalized spacial score (nSPS) is 17.5. The fourth-order valence-corrected chi connectivity index (χ4v) is 5.02. The Morgan fingerprint density at radius 3 is 1.32 bits per heavy atom. The highest BCUT2D eigenvalue weighted by Gasteiger charge is 2.25. The van der Waals surface area contributed by atoms with Gasteiger partial charge in [0.2, 0.25) is 0 Å². The Balaban J connectivity index is 2.15. The van der Waals surface area contributed by atoms with E-state index in [1.807, 2.05) is 24.3 Å². The molecule has 0 radical (unpaired) electrons. The van der Waals surface area contributed by atoms with Crippen molar-refractivity contribution >= 4 is 10.0 Å². The summed E-state index contributed by atoms with van der Waals surface area (Å²) in [7, 11) is -1.34. The third-order valence-electron chi connectivity index (χ3n) is 3.15. The van der Waals surface area contributed by atoms with E-state index in [1.54, 1.807) is 24.3 Å². The van der Waals surface area contributed by atoms with Gasteiger partial charge < -0.3 is 10.2 Å². The molecule has 0 aromatic heterocycles. The Labute approximate surface area is 113 Å². The second kappa shape index (κ2) is 4.52. The van der Waals surface area contributed by atoms with Crippen LogP contribution in [0.2, 0.25) is 0 Å². The number of hydrogen-bond donors (Lipinski definition) is 2. The summed E-state index contributed by atoms with van der Waals surface area (Å²) in [6.45, 7) is 0. The number of aromatic hydroxyl groups is 2. The fraction of sp³-hybridized carbons (Fsp3) is 0. The van der Waals surface area contributed by atoms with Crippen molar-refractivity contribution in [2.75, 3.05) is 0 Å². The highest BCUT2D eigenvalue weighted by Crippen LogP contribution is 2.66. The summed E-state index contributed by atoms with van der Waals surface area (Å²) in [5, 5.41) is 23.3. The minimum absolute atomic E-state index is 0.273. The molecular weight excluding hydrogens is 256 g/mol. The molecule has 0 spiro atoms. The molecule has 19 heavy (non-hydrogen) atoms. The lowest BCUT2D eigenvalue weighted by molar-refractivity contribution is 0.474. The lowest BCUT2D eigenvalue weighted by Gasteiger charge is -2.32. The van der Waals surface area contributed by atoms with Crippen LogP contribution in [0.5, 0.6) is 11.5 Å². The van der Waals surface area contributed by atoms with Gasteiger partial charge in [0.25, 0.3) is 0 Å². The maximum atomic E-state index is 9.43. The van der Waals surface area contributed by atoms with Crippen LogP contribution in [0, 0.1) is 0 Å². The van der Waals surface area contributed by atoms with Gasteiger partial charge in [0.15, 0.2) is 0 Å². The van der Waals surface area contributed by atoms with Gasteiger partial charge in [-0.2, -0.15) is 0 Å². The lowest BCUT2D eigenvalue weighted by Crippen LogP contribution is -1.93. The first-order valence-corrected chi connectivity index (χ1v) is 7.73. The van der Waals surface area contributed by atoms with E-state index in [0.29, 0.717) is 0 Å². The zero-order chi connectivity index (χ0) is 13.3. The van der Waals surface area contributed by atoms with Gasteiger partial charge in [-0.05, 0) is 59.3 Å². The van der Waals surface area contributed by atoms with Gasteiger partial charge in [-0.15, -0.1) is 10.0 Å². The summed E-state index contributed by atoms with van der Waals surface area (Å²) in [6, 6.07) is 14.7. The maximum Gasteiger partial charge on any atom is 0.115 e. The van der Waals surface area contributed by atoms with Crippen molar-refractivity contribution < 1.29 is 10.2 Å². The van der Waals surface area contributed by atoms with Gasteiger partial charge in [0.1, 0.15) is 11.5 Å². The third kappa shape index (κ3) is 2.02. The van der Waals surface area contributed by atoms with Gasteiger partial charge >= 0.3 is 0 Å². The molecule has 1 aliphatic rings. The van der Waals surface area contributed by atoms with Crippen molar-refractivity contribution in [1.29, 1.82) is 0 Å². The maximum absolute atomic E-state index is 9.43. The molecule has 2 N–H and O–H groups in total. The zero-order valence-corrected chi connectivity index (χ0v) is 11.0. The average molecular weight is 270 g/mol. The smallest absolute Gasteiger partial charge is 0.115 e. The lowest BCUT2D eigenvalue weighted by atomic mass is 10.3. The van der Waals surface area contributed by atoms with Crippen LogP contribution in [-0.4, -0.2) is 10.2 Å². The predicted molar refractivity (Wildman–Crippen MR) is 78.6 cm³/mol. The van der Waals surface area contributed by atoms with Gasteiger partial charge in [0, 0.05) is 9.79 Å². The SMILES string of the molecule is Oc1ccc(S2(c3ccc(O)cc3)C=CC=C2)cc1. The number of allylic oxidation sites excluding steroid dienone is 2. The first-order valence-electron chi connectivity index (χ1n) is 5.97. The van der Waals surface area contributed by atoms with Crippen molar-refractivity contribution in [3.05, 3.63) is 71.5 Å². The van der Waals surface area contributed by atoms with Crippen LogP contribution in [0.3, 0.4) is 0 Å². The summed E-state index contributed by atoms with van der Waals surface area (Å²) in [5.41, 5.74) is 0. The number of benzene rings is 2. The Morgan fingerprint density at radius 1 is 0.579 bits per heavy atom. The van der Waals surface area contributed by atoms with Crippen molar-refractivity contribution in [1.82, 2.24) is 0 Å². The van der Waals surface area contributed by atoms with E-state index in [-0.39, 0.29) is 11.5 Å². The molecule has 0 saturated carbocycles. The fourth-order valence-electron chi connectivity index (χ4n) is 2.18. The van der Waals surface area contributed by atoms with Crippen LogP contribution in [0.1, 0.15) is 0 Å². The molecule has 2 nitrogen and oxygen atoms in total. The van der Waals surface area contributed by atoms with E-state index < -0.39 is 10.0 Å². The molecule has 2 aromatic rings. The van der Waals surface area contributed by atoms with E-state index in [9.17, 15) is 10.2 Å². The quantitative estimate of drug-likeness (QED) is 0.851.